The summed E-state index contributed by atoms with van der Waals surface area (Å²) in [6.07, 6.45) is -10.5. The molecule has 0 saturated carbocycles. The smallest absolute Gasteiger partial charge is 0.494 e. The maximum Gasteiger partial charge on any atom is 0.573 e. The predicted molar refractivity (Wildman–Crippen MR) is 506 cm³/mol. The van der Waals surface area contributed by atoms with Gasteiger partial charge in [0.15, 0.2) is 44.2 Å². The molecule has 11 heterocycles. The molecule has 0 amide bonds. The van der Waals surface area contributed by atoms with E-state index in [0.717, 1.165) is 116 Å². The van der Waals surface area contributed by atoms with E-state index >= 15 is 31.4 Å². The molecular formula is C93H59F8N11O7S11. The van der Waals surface area contributed by atoms with Crippen molar-refractivity contribution in [2.24, 2.45) is 0 Å². The number of aromatic nitrogens is 11. The van der Waals surface area contributed by atoms with E-state index in [1.807, 2.05) is 61.0 Å². The van der Waals surface area contributed by atoms with Crippen LogP contribution in [0, 0.1) is 20.8 Å². The van der Waals surface area contributed by atoms with Crippen LogP contribution in [-0.2, 0) is 33.6 Å². The summed E-state index contributed by atoms with van der Waals surface area (Å²) in [6.45, 7) is 7.37. The molecule has 0 aliphatic carbocycles. The third-order valence-electron chi connectivity index (χ3n) is 22.6. The summed E-state index contributed by atoms with van der Waals surface area (Å²) >= 11 is 11.9. The third-order valence-corrected chi connectivity index (χ3v) is 34.6. The topological polar surface area (TPSA) is 217 Å². The molecule has 0 aliphatic heterocycles. The molecule has 0 aliphatic rings. The highest BCUT2D eigenvalue weighted by atomic mass is 32.1. The number of hydrogen-bond acceptors (Lipinski definition) is 29. The van der Waals surface area contributed by atoms with Gasteiger partial charge in [-0.2, -0.15) is 22.0 Å². The third kappa shape index (κ3) is 13.7. The van der Waals surface area contributed by atoms with Gasteiger partial charge in [-0.15, -0.1) is 138 Å². The van der Waals surface area contributed by atoms with Crippen molar-refractivity contribution in [1.82, 2.24) is 54.8 Å². The molecule has 130 heavy (non-hydrogen) atoms. The second-order valence-corrected chi connectivity index (χ2v) is 42.0. The predicted octanol–water partition coefficient (Wildman–Crippen LogP) is 27.8. The minimum atomic E-state index is -5.72. The van der Waals surface area contributed by atoms with Crippen molar-refractivity contribution >= 4 is 237 Å². The summed E-state index contributed by atoms with van der Waals surface area (Å²) in [4.78, 5) is 56.6. The van der Waals surface area contributed by atoms with Crippen LogP contribution >= 0.6 is 125 Å². The minimum Gasteiger partial charge on any atom is -0.494 e. The van der Waals surface area contributed by atoms with E-state index < -0.39 is 79.4 Å². The zero-order chi connectivity index (χ0) is 89.4. The lowest BCUT2D eigenvalue weighted by atomic mass is 9.67. The maximum absolute atomic E-state index is 19.8. The van der Waals surface area contributed by atoms with E-state index in [1.165, 1.54) is 54.0 Å². The second kappa shape index (κ2) is 31.7. The summed E-state index contributed by atoms with van der Waals surface area (Å²) in [5.41, 5.74) is -0.913. The molecule has 11 aromatic heterocycles. The Labute approximate surface area is 774 Å². The quantitative estimate of drug-likeness (QED) is 0.0465. The van der Waals surface area contributed by atoms with Gasteiger partial charge >= 0.3 is 24.9 Å². The van der Waals surface area contributed by atoms with E-state index in [-0.39, 0.29) is 85.5 Å². The lowest BCUT2D eigenvalue weighted by Crippen LogP contribution is -2.60. The van der Waals surface area contributed by atoms with Crippen LogP contribution in [0.4, 0.5) is 35.1 Å². The normalized spacial score (nSPS) is 13.3. The lowest BCUT2D eigenvalue weighted by molar-refractivity contribution is -0.274. The molecule has 650 valence electrons. The molecule has 11 aromatic carbocycles. The Morgan fingerprint density at radius 1 is 0.408 bits per heavy atom. The van der Waals surface area contributed by atoms with Gasteiger partial charge in [0.1, 0.15) is 57.4 Å². The molecule has 0 saturated heterocycles. The fourth-order valence-electron chi connectivity index (χ4n) is 16.6. The van der Waals surface area contributed by atoms with Crippen molar-refractivity contribution in [2.75, 3.05) is 13.7 Å². The molecule has 37 heteroatoms. The summed E-state index contributed by atoms with van der Waals surface area (Å²) < 4.78 is 178. The SMILES string of the molecule is CCOC(Oc1c(OC(C)(C)c2nc3c(OC(F)(F)F)c(-c4nc5c(OC(F)F)cccc5s4)ccc3s2)cc2sc(-c3cc4sc(-c5c(C)c(C)c(Cc6nc7ccccc7s6)c6ncsc56)nc4c(OC)c3C)nc2c1C(O)(c1nc2ccccc2s1)C(c1nc2ccccc2s1)(c1nc2ccccc2s1)C(F)(F)F)(c1nc2ccccc2s1)c1nc2ccccc2s1. The molecule has 22 rings (SSSR count). The molecular weight excluding hydrogens is 1890 g/mol. The highest BCUT2D eigenvalue weighted by Crippen LogP contribution is 2.67. The van der Waals surface area contributed by atoms with Gasteiger partial charge < -0.3 is 33.5 Å². The van der Waals surface area contributed by atoms with Gasteiger partial charge in [0, 0.05) is 35.8 Å². The first-order valence-corrected chi connectivity index (χ1v) is 49.0. The van der Waals surface area contributed by atoms with Gasteiger partial charge in [-0.1, -0.05) is 78.9 Å². The van der Waals surface area contributed by atoms with Crippen molar-refractivity contribution in [3.63, 3.8) is 0 Å². The number of alkyl halides is 8. The van der Waals surface area contributed by atoms with Gasteiger partial charge in [-0.25, -0.2) is 54.8 Å². The number of aliphatic hydroxyl groups is 1. The van der Waals surface area contributed by atoms with Gasteiger partial charge in [0.25, 0.3) is 0 Å². The average Bonchev–Trinajstić information content (AvgIpc) is 1.40. The fraction of sp³-hybridized carbons (Fsp3) is 0.172. The van der Waals surface area contributed by atoms with Crippen molar-refractivity contribution < 1.29 is 68.7 Å². The number of fused-ring (bicyclic) bond motifs is 11. The average molecular weight is 1950 g/mol. The van der Waals surface area contributed by atoms with Crippen molar-refractivity contribution in [2.45, 2.75) is 89.5 Å². The Kier molecular flexibility index (Phi) is 20.5. The molecule has 0 radical (unpaired) electrons. The van der Waals surface area contributed by atoms with Crippen molar-refractivity contribution in [3.8, 4) is 60.5 Å². The number of halogens is 8. The highest BCUT2D eigenvalue weighted by Gasteiger charge is 2.76. The Morgan fingerprint density at radius 2 is 0.892 bits per heavy atom. The summed E-state index contributed by atoms with van der Waals surface area (Å²) in [7, 11) is 1.53. The van der Waals surface area contributed by atoms with Gasteiger partial charge in [0.2, 0.25) is 5.41 Å². The van der Waals surface area contributed by atoms with Crippen LogP contribution in [0.2, 0.25) is 0 Å². The minimum absolute atomic E-state index is 0.0357. The number of ether oxygens (including phenoxy) is 6. The van der Waals surface area contributed by atoms with Crippen molar-refractivity contribution in [3.05, 3.63) is 256 Å². The van der Waals surface area contributed by atoms with E-state index in [2.05, 4.69) is 24.9 Å². The Morgan fingerprint density at radius 3 is 1.45 bits per heavy atom. The first-order chi connectivity index (χ1) is 62.6. The Balaban J connectivity index is 0.852. The van der Waals surface area contributed by atoms with Crippen LogP contribution in [0.5, 0.6) is 28.7 Å². The number of hydrogen-bond donors (Lipinski definition) is 1. The summed E-state index contributed by atoms with van der Waals surface area (Å²) in [5.74, 6) is -4.32. The maximum atomic E-state index is 19.8. The number of rotatable bonds is 23. The lowest BCUT2D eigenvalue weighted by Gasteiger charge is -2.45. The van der Waals surface area contributed by atoms with E-state index in [4.69, 9.17) is 78.3 Å². The molecule has 0 fully saturated rings. The monoisotopic (exact) mass is 1950 g/mol. The number of benzene rings is 11. The van der Waals surface area contributed by atoms with Crippen LogP contribution < -0.4 is 23.7 Å². The van der Waals surface area contributed by atoms with Gasteiger partial charge in [-0.05, 0) is 161 Å². The van der Waals surface area contributed by atoms with Crippen LogP contribution in [0.1, 0.15) is 83.6 Å². The van der Waals surface area contributed by atoms with Crippen LogP contribution in [0.25, 0.3) is 144 Å². The van der Waals surface area contributed by atoms with Crippen LogP contribution in [0.15, 0.2) is 194 Å². The van der Waals surface area contributed by atoms with E-state index in [9.17, 15) is 8.78 Å². The molecule has 0 bridgehead atoms. The largest absolute Gasteiger partial charge is 0.573 e. The first-order valence-electron chi connectivity index (χ1n) is 40.0. The fourth-order valence-corrected chi connectivity index (χ4v) is 28.6. The van der Waals surface area contributed by atoms with Gasteiger partial charge in [-0.3, -0.25) is 0 Å². The Bertz CT molecular complexity index is 7980. The van der Waals surface area contributed by atoms with Crippen LogP contribution in [0.3, 0.4) is 0 Å². The molecule has 1 atom stereocenters. The van der Waals surface area contributed by atoms with Crippen LogP contribution in [-0.4, -0.2) is 92.8 Å². The number of nitrogens with zero attached hydrogens (tertiary/aromatic N) is 11. The summed E-state index contributed by atoms with van der Waals surface area (Å²) in [6, 6.07) is 53.0. The first kappa shape index (κ1) is 84.1. The summed E-state index contributed by atoms with van der Waals surface area (Å²) in [5, 5.41) is 16.5. The molecule has 0 spiro atoms. The number of para-hydroxylation sites is 7. The number of methoxy groups -OCH3 is 1. The van der Waals surface area contributed by atoms with Crippen molar-refractivity contribution in [1.29, 1.82) is 0 Å². The van der Waals surface area contributed by atoms with E-state index in [0.29, 0.717) is 100 Å². The second-order valence-electron chi connectivity index (χ2n) is 30.8. The zero-order valence-corrected chi connectivity index (χ0v) is 77.3. The standard InChI is InChI=1S/C93H59F8N11O7S11/c1-8-115-91(85-107-52-26-13-19-33-60(52)128-85,86-108-53-27-14-20-34-61(53)129-86)118-76-55(117-88(5,6)81-112-72-63(130-81)37-36-45(75(72)119-93(99,100)101)78-109-70-54(116-87(94)95)28-21-35-62(70)122-78)40-65-71(68(76)90(113,84-106-51-25-12-18-32-59(51)127-84)89(92(96,97)98,82-104-49-23-10-16-30-57(49)125-82)83-105-50-24-11-17-31-58(50)126-83)110-79(123-65)47-38-64-73(74(114-7)44(47)4)111-80(124-64)67-43(3)42(2)46(69-77(67)120-41-102-69)39-66-103-48-22-9-15-29-56(48)121-66/h9-38,40-41,87,113H,8,39H2,1-7H3. The Hall–Kier alpha value is -11.4. The molecule has 18 nitrogen and oxygen atoms in total. The highest BCUT2D eigenvalue weighted by molar-refractivity contribution is 7.25. The number of thiazole rings is 11. The molecule has 1 N–H and O–H groups in total. The molecule has 1 unspecified atom stereocenters. The zero-order valence-electron chi connectivity index (χ0n) is 68.3. The molecule has 22 aromatic rings. The van der Waals surface area contributed by atoms with Gasteiger partial charge in [0.05, 0.1) is 125 Å². The van der Waals surface area contributed by atoms with E-state index in [1.54, 1.807) is 141 Å².